The Bertz CT molecular complexity index is 1310. The van der Waals surface area contributed by atoms with Crippen LogP contribution in [0.2, 0.25) is 0 Å². The summed E-state index contributed by atoms with van der Waals surface area (Å²) in [7, 11) is 1.58. The largest absolute Gasteiger partial charge is 0.496 e. The van der Waals surface area contributed by atoms with Gasteiger partial charge in [0.1, 0.15) is 11.6 Å². The zero-order chi connectivity index (χ0) is 23.5. The Kier molecular flexibility index (Phi) is 6.31. The second kappa shape index (κ2) is 9.69. The van der Waals surface area contributed by atoms with Gasteiger partial charge < -0.3 is 24.7 Å². The lowest BCUT2D eigenvalue weighted by atomic mass is 9.89. The van der Waals surface area contributed by atoms with E-state index in [0.717, 1.165) is 48.8 Å². The first-order valence-corrected chi connectivity index (χ1v) is 11.5. The van der Waals surface area contributed by atoms with Gasteiger partial charge in [0.2, 0.25) is 5.88 Å². The van der Waals surface area contributed by atoms with Gasteiger partial charge in [-0.3, -0.25) is 0 Å². The number of hydrogen-bond acceptors (Lipinski definition) is 5. The zero-order valence-corrected chi connectivity index (χ0v) is 19.0. The molecule has 0 atom stereocenters. The number of likely N-dealkylation sites (tertiary alicyclic amines) is 1. The van der Waals surface area contributed by atoms with Crippen molar-refractivity contribution in [3.8, 4) is 11.6 Å². The average molecular weight is 463 g/mol. The maximum Gasteiger partial charge on any atom is 0.413 e. The number of ether oxygens (including phenoxy) is 2. The van der Waals surface area contributed by atoms with E-state index in [9.17, 15) is 9.18 Å². The van der Waals surface area contributed by atoms with Gasteiger partial charge in [-0.15, -0.1) is 0 Å². The predicted molar refractivity (Wildman–Crippen MR) is 129 cm³/mol. The smallest absolute Gasteiger partial charge is 0.413 e. The molecular weight excluding hydrogens is 435 g/mol. The maximum absolute atomic E-state index is 13.5. The van der Waals surface area contributed by atoms with Crippen LogP contribution in [-0.4, -0.2) is 54.2 Å². The van der Waals surface area contributed by atoms with Crippen molar-refractivity contribution in [1.82, 2.24) is 20.2 Å². The SMILES string of the molecule is COc1cc(OC(=O)NCCN2CCC(c3c[nH]c4cc(F)ccc34)CC2)nc2ccccc12. The summed E-state index contributed by atoms with van der Waals surface area (Å²) in [6.07, 6.45) is 3.52. The van der Waals surface area contributed by atoms with Gasteiger partial charge in [0, 0.05) is 41.6 Å². The molecule has 2 aromatic heterocycles. The van der Waals surface area contributed by atoms with Gasteiger partial charge >= 0.3 is 6.09 Å². The number of amides is 1. The predicted octanol–water partition coefficient (Wildman–Crippen LogP) is 4.83. The van der Waals surface area contributed by atoms with E-state index in [1.54, 1.807) is 19.2 Å². The van der Waals surface area contributed by atoms with Gasteiger partial charge in [0.05, 0.1) is 12.6 Å². The van der Waals surface area contributed by atoms with E-state index in [1.165, 1.54) is 11.6 Å². The van der Waals surface area contributed by atoms with Crippen LogP contribution >= 0.6 is 0 Å². The highest BCUT2D eigenvalue weighted by atomic mass is 19.1. The molecule has 0 radical (unpaired) electrons. The number of para-hydroxylation sites is 1. The fraction of sp³-hybridized carbons (Fsp3) is 0.308. The second-order valence-corrected chi connectivity index (χ2v) is 8.55. The Labute approximate surface area is 196 Å². The van der Waals surface area contributed by atoms with Crippen LogP contribution in [0.15, 0.2) is 54.7 Å². The van der Waals surface area contributed by atoms with Crippen LogP contribution in [0.5, 0.6) is 11.6 Å². The Morgan fingerprint density at radius 1 is 1.18 bits per heavy atom. The molecule has 2 aromatic carbocycles. The average Bonchev–Trinajstić information content (AvgIpc) is 3.27. The number of nitrogens with zero attached hydrogens (tertiary/aromatic N) is 2. The molecule has 1 amide bonds. The van der Waals surface area contributed by atoms with Gasteiger partial charge in [-0.2, -0.15) is 0 Å². The van der Waals surface area contributed by atoms with Crippen LogP contribution in [0.25, 0.3) is 21.8 Å². The number of piperidine rings is 1. The van der Waals surface area contributed by atoms with Crippen molar-refractivity contribution in [2.75, 3.05) is 33.3 Å². The van der Waals surface area contributed by atoms with Crippen LogP contribution in [0, 0.1) is 5.82 Å². The van der Waals surface area contributed by atoms with Crippen molar-refractivity contribution in [1.29, 1.82) is 0 Å². The number of methoxy groups -OCH3 is 1. The topological polar surface area (TPSA) is 79.5 Å². The number of aromatic nitrogens is 2. The summed E-state index contributed by atoms with van der Waals surface area (Å²) < 4.78 is 24.2. The van der Waals surface area contributed by atoms with Crippen molar-refractivity contribution < 1.29 is 18.7 Å². The molecule has 0 spiro atoms. The lowest BCUT2D eigenvalue weighted by molar-refractivity contribution is 0.188. The van der Waals surface area contributed by atoms with E-state index in [0.29, 0.717) is 23.7 Å². The summed E-state index contributed by atoms with van der Waals surface area (Å²) in [5, 5.41) is 4.77. The number of fused-ring (bicyclic) bond motifs is 2. The van der Waals surface area contributed by atoms with Crippen LogP contribution in [0.4, 0.5) is 9.18 Å². The van der Waals surface area contributed by atoms with Crippen LogP contribution in [0.1, 0.15) is 24.3 Å². The molecule has 0 aliphatic carbocycles. The lowest BCUT2D eigenvalue weighted by Crippen LogP contribution is -2.39. The Hall–Kier alpha value is -3.65. The number of benzene rings is 2. The summed E-state index contributed by atoms with van der Waals surface area (Å²) in [5.41, 5.74) is 2.81. The number of H-pyrrole nitrogens is 1. The Morgan fingerprint density at radius 2 is 2.00 bits per heavy atom. The molecule has 5 rings (SSSR count). The maximum atomic E-state index is 13.5. The summed E-state index contributed by atoms with van der Waals surface area (Å²) in [6.45, 7) is 3.12. The highest BCUT2D eigenvalue weighted by Crippen LogP contribution is 2.33. The Morgan fingerprint density at radius 3 is 2.82 bits per heavy atom. The third-order valence-corrected chi connectivity index (χ3v) is 6.47. The van der Waals surface area contributed by atoms with E-state index in [4.69, 9.17) is 9.47 Å². The molecule has 4 aromatic rings. The zero-order valence-electron chi connectivity index (χ0n) is 19.0. The van der Waals surface area contributed by atoms with Crippen LogP contribution < -0.4 is 14.8 Å². The standard InChI is InChI=1S/C26H27FN4O3/c1-33-24-15-25(30-22-5-3-2-4-20(22)24)34-26(32)28-10-13-31-11-8-17(9-12-31)21-16-29-23-14-18(27)6-7-19(21)23/h2-7,14-17,29H,8-13H2,1H3,(H,28,32). The number of halogens is 1. The number of rotatable bonds is 6. The van der Waals surface area contributed by atoms with Crippen molar-refractivity contribution in [2.45, 2.75) is 18.8 Å². The van der Waals surface area contributed by atoms with E-state index >= 15 is 0 Å². The molecule has 2 N–H and O–H groups in total. The fourth-order valence-corrected chi connectivity index (χ4v) is 4.71. The highest BCUT2D eigenvalue weighted by Gasteiger charge is 2.23. The van der Waals surface area contributed by atoms with E-state index < -0.39 is 6.09 Å². The van der Waals surface area contributed by atoms with Crippen LogP contribution in [-0.2, 0) is 0 Å². The molecule has 1 aliphatic heterocycles. The fourth-order valence-electron chi connectivity index (χ4n) is 4.71. The van der Waals surface area contributed by atoms with Gasteiger partial charge in [-0.1, -0.05) is 12.1 Å². The third kappa shape index (κ3) is 4.68. The monoisotopic (exact) mass is 462 g/mol. The summed E-state index contributed by atoms with van der Waals surface area (Å²) in [5.74, 6) is 1.03. The first-order chi connectivity index (χ1) is 16.6. The molecule has 3 heterocycles. The quantitative estimate of drug-likeness (QED) is 0.429. The number of pyridine rings is 1. The first-order valence-electron chi connectivity index (χ1n) is 11.5. The number of carbonyl (C=O) groups is 1. The molecule has 0 saturated carbocycles. The molecule has 1 saturated heterocycles. The molecule has 1 fully saturated rings. The van der Waals surface area contributed by atoms with Gasteiger partial charge in [-0.05, 0) is 67.7 Å². The number of carbonyl (C=O) groups excluding carboxylic acids is 1. The van der Waals surface area contributed by atoms with Gasteiger partial charge in [0.25, 0.3) is 0 Å². The molecule has 176 valence electrons. The summed E-state index contributed by atoms with van der Waals surface area (Å²) in [4.78, 5) is 22.2. The molecule has 8 heteroatoms. The lowest BCUT2D eigenvalue weighted by Gasteiger charge is -2.31. The van der Waals surface area contributed by atoms with E-state index in [2.05, 4.69) is 20.2 Å². The molecular formula is C26H27FN4O3. The highest BCUT2D eigenvalue weighted by molar-refractivity contribution is 5.86. The Balaban J connectivity index is 1.10. The van der Waals surface area contributed by atoms with Gasteiger partial charge in [-0.25, -0.2) is 14.2 Å². The van der Waals surface area contributed by atoms with E-state index in [1.807, 2.05) is 36.5 Å². The van der Waals surface area contributed by atoms with Gasteiger partial charge in [0.15, 0.2) is 0 Å². The summed E-state index contributed by atoms with van der Waals surface area (Å²) in [6, 6.07) is 14.1. The number of aromatic amines is 1. The molecule has 7 nitrogen and oxygen atoms in total. The summed E-state index contributed by atoms with van der Waals surface area (Å²) >= 11 is 0. The molecule has 0 unspecified atom stereocenters. The first kappa shape index (κ1) is 22.2. The van der Waals surface area contributed by atoms with Crippen LogP contribution in [0.3, 0.4) is 0 Å². The molecule has 34 heavy (non-hydrogen) atoms. The molecule has 1 aliphatic rings. The number of nitrogens with one attached hydrogen (secondary N) is 2. The van der Waals surface area contributed by atoms with Crippen molar-refractivity contribution in [2.24, 2.45) is 0 Å². The minimum atomic E-state index is -0.536. The minimum Gasteiger partial charge on any atom is -0.496 e. The van der Waals surface area contributed by atoms with Crippen molar-refractivity contribution in [3.05, 3.63) is 66.1 Å². The molecule has 0 bridgehead atoms. The van der Waals surface area contributed by atoms with E-state index in [-0.39, 0.29) is 11.7 Å². The third-order valence-electron chi connectivity index (χ3n) is 6.47. The second-order valence-electron chi connectivity index (χ2n) is 8.55. The normalized spacial score (nSPS) is 15.0. The van der Waals surface area contributed by atoms with Crippen molar-refractivity contribution in [3.63, 3.8) is 0 Å². The van der Waals surface area contributed by atoms with Crippen molar-refractivity contribution >= 4 is 27.9 Å². The number of hydrogen-bond donors (Lipinski definition) is 2. The minimum absolute atomic E-state index is 0.201.